The summed E-state index contributed by atoms with van der Waals surface area (Å²) in [5, 5.41) is 3.15. The predicted molar refractivity (Wildman–Crippen MR) is 120 cm³/mol. The lowest BCUT2D eigenvalue weighted by Gasteiger charge is -2.36. The van der Waals surface area contributed by atoms with Gasteiger partial charge in [-0.05, 0) is 54.4 Å². The van der Waals surface area contributed by atoms with Crippen molar-refractivity contribution in [2.24, 2.45) is 0 Å². The van der Waals surface area contributed by atoms with Gasteiger partial charge in [0.15, 0.2) is 11.6 Å². The van der Waals surface area contributed by atoms with Gasteiger partial charge in [0.1, 0.15) is 0 Å². The molecule has 164 valence electrons. The molecule has 32 heavy (non-hydrogen) atoms. The molecule has 1 fully saturated rings. The van der Waals surface area contributed by atoms with E-state index in [-0.39, 0.29) is 18.5 Å². The van der Waals surface area contributed by atoms with Crippen LogP contribution in [0.2, 0.25) is 5.02 Å². The van der Waals surface area contributed by atoms with Gasteiger partial charge in [0.05, 0.1) is 10.6 Å². The van der Waals surface area contributed by atoms with Crippen LogP contribution in [0, 0.1) is 11.6 Å². The first-order valence-corrected chi connectivity index (χ1v) is 10.5. The van der Waals surface area contributed by atoms with Crippen LogP contribution in [0.3, 0.4) is 0 Å². The Balaban J connectivity index is 1.49. The summed E-state index contributed by atoms with van der Waals surface area (Å²) in [6, 6.07) is 17.1. The number of anilines is 2. The Labute approximate surface area is 189 Å². The summed E-state index contributed by atoms with van der Waals surface area (Å²) in [5.41, 5.74) is 2.02. The minimum absolute atomic E-state index is 0.176. The molecule has 5 nitrogen and oxygen atoms in total. The van der Waals surface area contributed by atoms with Crippen LogP contribution in [0.1, 0.15) is 22.3 Å². The predicted octanol–water partition coefficient (Wildman–Crippen LogP) is 5.70. The maximum atomic E-state index is 13.5. The van der Waals surface area contributed by atoms with Crippen LogP contribution in [0.5, 0.6) is 0 Å². The monoisotopic (exact) mass is 455 g/mol. The van der Waals surface area contributed by atoms with Crippen molar-refractivity contribution in [2.75, 3.05) is 23.3 Å². The van der Waals surface area contributed by atoms with Crippen molar-refractivity contribution >= 4 is 34.9 Å². The number of hydrogen-bond donors (Lipinski definition) is 1. The third-order valence-corrected chi connectivity index (χ3v) is 5.53. The minimum Gasteiger partial charge on any atom is -0.322 e. The van der Waals surface area contributed by atoms with Crippen LogP contribution in [-0.2, 0) is 6.54 Å². The van der Waals surface area contributed by atoms with E-state index in [1.807, 2.05) is 0 Å². The fourth-order valence-corrected chi connectivity index (χ4v) is 3.84. The Hall–Kier alpha value is -3.45. The Kier molecular flexibility index (Phi) is 6.37. The average molecular weight is 456 g/mol. The number of amides is 3. The molecule has 4 rings (SSSR count). The molecule has 0 aromatic heterocycles. The number of carbonyl (C=O) groups excluding carboxylic acids is 2. The van der Waals surface area contributed by atoms with Crippen molar-refractivity contribution in [1.29, 1.82) is 0 Å². The Bertz CT molecular complexity index is 1170. The Morgan fingerprint density at radius 1 is 0.969 bits per heavy atom. The van der Waals surface area contributed by atoms with Crippen LogP contribution >= 0.6 is 11.6 Å². The second kappa shape index (κ2) is 9.36. The van der Waals surface area contributed by atoms with Gasteiger partial charge >= 0.3 is 6.03 Å². The third-order valence-electron chi connectivity index (χ3n) is 5.20. The highest BCUT2D eigenvalue weighted by Gasteiger charge is 2.27. The van der Waals surface area contributed by atoms with Crippen molar-refractivity contribution in [1.82, 2.24) is 4.90 Å². The fraction of sp³-hybridized carbons (Fsp3) is 0.167. The highest BCUT2D eigenvalue weighted by Crippen LogP contribution is 2.25. The zero-order valence-electron chi connectivity index (χ0n) is 17.0. The van der Waals surface area contributed by atoms with Gasteiger partial charge in [-0.1, -0.05) is 35.9 Å². The molecule has 3 aromatic carbocycles. The van der Waals surface area contributed by atoms with Crippen LogP contribution in [0.25, 0.3) is 0 Å². The lowest BCUT2D eigenvalue weighted by molar-refractivity contribution is 0.102. The molecule has 0 saturated carbocycles. The number of nitrogens with one attached hydrogen (secondary N) is 1. The average Bonchev–Trinajstić information content (AvgIpc) is 2.78. The quantitative estimate of drug-likeness (QED) is 0.536. The number of carbonyl (C=O) groups is 2. The first-order chi connectivity index (χ1) is 15.4. The van der Waals surface area contributed by atoms with E-state index in [1.54, 1.807) is 58.3 Å². The highest BCUT2D eigenvalue weighted by atomic mass is 35.5. The zero-order valence-corrected chi connectivity index (χ0v) is 17.8. The number of urea groups is 1. The smallest absolute Gasteiger partial charge is 0.322 e. The molecule has 0 radical (unpaired) electrons. The number of hydrogen-bond acceptors (Lipinski definition) is 2. The van der Waals surface area contributed by atoms with E-state index >= 15 is 0 Å². The first kappa shape index (κ1) is 21.8. The molecule has 1 aliphatic rings. The standard InChI is InChI=1S/C24H20ClF2N3O2/c25-20-8-2-1-7-19(20)23(31)28-17-5-3-6-18(14-17)30-12-4-11-29(24(30)32)15-16-9-10-21(26)22(27)13-16/h1-3,5-10,13-14H,4,11-12,15H2,(H,28,31). The molecule has 0 spiro atoms. The molecule has 1 N–H and O–H groups in total. The van der Waals surface area contributed by atoms with Crippen LogP contribution < -0.4 is 10.2 Å². The molecule has 1 aliphatic heterocycles. The molecule has 0 bridgehead atoms. The van der Waals surface area contributed by atoms with Crippen LogP contribution in [-0.4, -0.2) is 29.9 Å². The van der Waals surface area contributed by atoms with Gasteiger partial charge in [-0.2, -0.15) is 0 Å². The SMILES string of the molecule is O=C(Nc1cccc(N2CCCN(Cc3ccc(F)c(F)c3)C2=O)c1)c1ccccc1Cl. The van der Waals surface area contributed by atoms with E-state index in [9.17, 15) is 18.4 Å². The van der Waals surface area contributed by atoms with Crippen molar-refractivity contribution in [2.45, 2.75) is 13.0 Å². The lowest BCUT2D eigenvalue weighted by atomic mass is 10.1. The molecule has 3 amide bonds. The minimum atomic E-state index is -0.939. The van der Waals surface area contributed by atoms with Gasteiger partial charge in [0, 0.05) is 31.0 Å². The summed E-state index contributed by atoms with van der Waals surface area (Å²) in [4.78, 5) is 28.8. The Morgan fingerprint density at radius 2 is 1.78 bits per heavy atom. The second-order valence-electron chi connectivity index (χ2n) is 7.44. The van der Waals surface area contributed by atoms with E-state index in [2.05, 4.69) is 5.32 Å². The van der Waals surface area contributed by atoms with E-state index in [0.29, 0.717) is 47.0 Å². The summed E-state index contributed by atoms with van der Waals surface area (Å²) in [6.07, 6.45) is 0.714. The molecule has 3 aromatic rings. The van der Waals surface area contributed by atoms with E-state index in [1.165, 1.54) is 6.07 Å². The molecule has 0 unspecified atom stereocenters. The maximum absolute atomic E-state index is 13.5. The summed E-state index contributed by atoms with van der Waals surface area (Å²) in [6.45, 7) is 1.20. The van der Waals surface area contributed by atoms with E-state index < -0.39 is 11.6 Å². The van der Waals surface area contributed by atoms with Crippen LogP contribution in [0.4, 0.5) is 25.0 Å². The molecule has 8 heteroatoms. The summed E-state index contributed by atoms with van der Waals surface area (Å²) in [7, 11) is 0. The lowest BCUT2D eigenvalue weighted by Crippen LogP contribution is -2.49. The molecule has 1 heterocycles. The summed E-state index contributed by atoms with van der Waals surface area (Å²) in [5.74, 6) is -2.21. The molecule has 0 atom stereocenters. The van der Waals surface area contributed by atoms with Gasteiger partial charge in [-0.15, -0.1) is 0 Å². The largest absolute Gasteiger partial charge is 0.324 e. The van der Waals surface area contributed by atoms with Crippen molar-refractivity contribution in [3.8, 4) is 0 Å². The summed E-state index contributed by atoms with van der Waals surface area (Å²) >= 11 is 6.09. The number of nitrogens with zero attached hydrogens (tertiary/aromatic N) is 2. The molecular formula is C24H20ClF2N3O2. The van der Waals surface area contributed by atoms with Gasteiger partial charge < -0.3 is 10.2 Å². The van der Waals surface area contributed by atoms with Gasteiger partial charge in [0.25, 0.3) is 5.91 Å². The maximum Gasteiger partial charge on any atom is 0.324 e. The number of rotatable bonds is 5. The van der Waals surface area contributed by atoms with Crippen LogP contribution in [0.15, 0.2) is 66.7 Å². The number of halogens is 3. The molecule has 1 saturated heterocycles. The van der Waals surface area contributed by atoms with Gasteiger partial charge in [-0.3, -0.25) is 9.69 Å². The van der Waals surface area contributed by atoms with Crippen molar-refractivity contribution < 1.29 is 18.4 Å². The van der Waals surface area contributed by atoms with Crippen molar-refractivity contribution in [3.63, 3.8) is 0 Å². The van der Waals surface area contributed by atoms with Gasteiger partial charge in [0.2, 0.25) is 0 Å². The molecular weight excluding hydrogens is 436 g/mol. The number of benzene rings is 3. The third kappa shape index (κ3) is 4.73. The fourth-order valence-electron chi connectivity index (χ4n) is 3.62. The topological polar surface area (TPSA) is 52.7 Å². The van der Waals surface area contributed by atoms with E-state index in [0.717, 1.165) is 12.1 Å². The van der Waals surface area contributed by atoms with Crippen molar-refractivity contribution in [3.05, 3.63) is 94.5 Å². The van der Waals surface area contributed by atoms with E-state index in [4.69, 9.17) is 11.6 Å². The normalized spacial score (nSPS) is 13.9. The Morgan fingerprint density at radius 3 is 2.56 bits per heavy atom. The zero-order chi connectivity index (χ0) is 22.7. The molecule has 0 aliphatic carbocycles. The highest BCUT2D eigenvalue weighted by molar-refractivity contribution is 6.34. The first-order valence-electron chi connectivity index (χ1n) is 10.1. The van der Waals surface area contributed by atoms with Gasteiger partial charge in [-0.25, -0.2) is 13.6 Å². The summed E-state index contributed by atoms with van der Waals surface area (Å²) < 4.78 is 26.7. The second-order valence-corrected chi connectivity index (χ2v) is 7.85.